The highest BCUT2D eigenvalue weighted by molar-refractivity contribution is 5.73. The second-order valence-corrected chi connectivity index (χ2v) is 4.31. The van der Waals surface area contributed by atoms with Crippen LogP contribution in [-0.2, 0) is 0 Å². The molecule has 4 nitrogen and oxygen atoms in total. The highest BCUT2D eigenvalue weighted by Gasteiger charge is 2.53. The Balaban J connectivity index is 2.66. The van der Waals surface area contributed by atoms with Crippen molar-refractivity contribution < 1.29 is 22.8 Å². The summed E-state index contributed by atoms with van der Waals surface area (Å²) in [5, 5.41) is 10.9. The van der Waals surface area contributed by atoms with Crippen LogP contribution in [0, 0.1) is 17.0 Å². The molecule has 0 saturated carbocycles. The van der Waals surface area contributed by atoms with Gasteiger partial charge in [-0.1, -0.05) is 11.6 Å². The number of halogens is 3. The average molecular weight is 273 g/mol. The number of fused-ring (bicyclic) bond motifs is 1. The summed E-state index contributed by atoms with van der Waals surface area (Å²) in [6.45, 7) is 3.05. The molecule has 102 valence electrons. The van der Waals surface area contributed by atoms with E-state index in [0.717, 1.165) is 5.56 Å². The summed E-state index contributed by atoms with van der Waals surface area (Å²) < 4.78 is 43.3. The number of nitrogens with zero attached hydrogens (tertiary/aromatic N) is 1. The predicted molar refractivity (Wildman–Crippen MR) is 61.2 cm³/mol. The van der Waals surface area contributed by atoms with Crippen LogP contribution in [0.15, 0.2) is 23.9 Å². The zero-order valence-electron chi connectivity index (χ0n) is 10.1. The molecule has 0 radical (unpaired) electrons. The third-order valence-corrected chi connectivity index (χ3v) is 2.91. The van der Waals surface area contributed by atoms with Gasteiger partial charge >= 0.3 is 6.18 Å². The van der Waals surface area contributed by atoms with Gasteiger partial charge in [-0.15, -0.1) is 0 Å². The molecule has 0 spiro atoms. The number of rotatable bonds is 1. The third kappa shape index (κ3) is 2.27. The molecular weight excluding hydrogens is 263 g/mol. The summed E-state index contributed by atoms with van der Waals surface area (Å²) in [4.78, 5) is 9.86. The first-order valence-electron chi connectivity index (χ1n) is 5.41. The Hall–Kier alpha value is -2.05. The van der Waals surface area contributed by atoms with Crippen LogP contribution in [0.1, 0.15) is 18.1 Å². The van der Waals surface area contributed by atoms with Gasteiger partial charge in [-0.2, -0.15) is 13.2 Å². The number of hydrogen-bond donors (Lipinski definition) is 0. The lowest BCUT2D eigenvalue weighted by Crippen LogP contribution is -2.41. The lowest BCUT2D eigenvalue weighted by atomic mass is 9.97. The van der Waals surface area contributed by atoms with Crippen LogP contribution in [0.25, 0.3) is 5.57 Å². The molecular formula is C12H10F3NO3. The van der Waals surface area contributed by atoms with Gasteiger partial charge in [-0.3, -0.25) is 10.1 Å². The number of aryl methyl sites for hydroxylation is 1. The summed E-state index contributed by atoms with van der Waals surface area (Å²) in [6, 6.07) is 4.56. The Bertz CT molecular complexity index is 578. The van der Waals surface area contributed by atoms with E-state index in [2.05, 4.69) is 0 Å². The highest BCUT2D eigenvalue weighted by atomic mass is 19.4. The van der Waals surface area contributed by atoms with Gasteiger partial charge in [0.2, 0.25) is 0 Å². The number of allylic oxidation sites excluding steroid dienone is 1. The van der Waals surface area contributed by atoms with Crippen LogP contribution >= 0.6 is 0 Å². The van der Waals surface area contributed by atoms with Gasteiger partial charge in [-0.05, 0) is 26.0 Å². The van der Waals surface area contributed by atoms with Gasteiger partial charge < -0.3 is 4.74 Å². The molecule has 1 aliphatic heterocycles. The number of nitro groups is 1. The molecule has 0 amide bonds. The number of ether oxygens (including phenoxy) is 1. The number of hydrogen-bond acceptors (Lipinski definition) is 3. The normalized spacial score (nSPS) is 18.9. The molecule has 1 heterocycles. The van der Waals surface area contributed by atoms with Crippen molar-refractivity contribution in [2.45, 2.75) is 26.1 Å². The van der Waals surface area contributed by atoms with Crippen molar-refractivity contribution in [2.75, 3.05) is 0 Å². The van der Waals surface area contributed by atoms with Crippen molar-refractivity contribution in [1.82, 2.24) is 0 Å². The largest absolute Gasteiger partial charge is 0.469 e. The Morgan fingerprint density at radius 1 is 1.32 bits per heavy atom. The predicted octanol–water partition coefficient (Wildman–Crippen LogP) is 3.33. The smallest absolute Gasteiger partial charge is 0.436 e. The first-order chi connectivity index (χ1) is 8.71. The first kappa shape index (κ1) is 13.4. The van der Waals surface area contributed by atoms with Crippen LogP contribution in [0.5, 0.6) is 5.75 Å². The first-order valence-corrected chi connectivity index (χ1v) is 5.41. The van der Waals surface area contributed by atoms with Crippen molar-refractivity contribution in [3.8, 4) is 5.75 Å². The molecule has 1 aromatic carbocycles. The quantitative estimate of drug-likeness (QED) is 0.582. The van der Waals surface area contributed by atoms with Gasteiger partial charge in [0.25, 0.3) is 11.8 Å². The molecule has 0 fully saturated rings. The van der Waals surface area contributed by atoms with E-state index in [1.807, 2.05) is 0 Å². The maximum atomic E-state index is 12.8. The fourth-order valence-electron chi connectivity index (χ4n) is 2.01. The molecule has 0 saturated heterocycles. The third-order valence-electron chi connectivity index (χ3n) is 2.91. The van der Waals surface area contributed by atoms with Gasteiger partial charge in [0.1, 0.15) is 5.75 Å². The molecule has 0 N–H and O–H groups in total. The van der Waals surface area contributed by atoms with Crippen LogP contribution in [0.3, 0.4) is 0 Å². The summed E-state index contributed by atoms with van der Waals surface area (Å²) in [6.07, 6.45) is -7.36. The summed E-state index contributed by atoms with van der Waals surface area (Å²) in [5.74, 6) is 0.0102. The van der Waals surface area contributed by atoms with E-state index in [1.165, 1.54) is 13.0 Å². The average Bonchev–Trinajstić information content (AvgIpc) is 2.27. The highest BCUT2D eigenvalue weighted by Crippen LogP contribution is 2.41. The van der Waals surface area contributed by atoms with Crippen molar-refractivity contribution in [1.29, 1.82) is 0 Å². The van der Waals surface area contributed by atoms with Gasteiger partial charge in [0.15, 0.2) is 0 Å². The zero-order chi connectivity index (χ0) is 14.4. The van der Waals surface area contributed by atoms with Crippen molar-refractivity contribution >= 4 is 5.57 Å². The van der Waals surface area contributed by atoms with Crippen LogP contribution in [-0.4, -0.2) is 17.2 Å². The number of alkyl halides is 3. The van der Waals surface area contributed by atoms with Crippen molar-refractivity contribution in [3.05, 3.63) is 45.1 Å². The maximum Gasteiger partial charge on any atom is 0.436 e. The van der Waals surface area contributed by atoms with Gasteiger partial charge in [0.05, 0.1) is 4.92 Å². The Morgan fingerprint density at radius 3 is 2.47 bits per heavy atom. The molecule has 0 aliphatic carbocycles. The zero-order valence-corrected chi connectivity index (χ0v) is 10.1. The Kier molecular flexibility index (Phi) is 3.00. The SMILES string of the molecule is CC1=C([N+](=O)[O-])C(C(F)(F)F)Oc2ccc(C)cc21. The maximum absolute atomic E-state index is 12.8. The number of benzene rings is 1. The van der Waals surface area contributed by atoms with Crippen LogP contribution in [0.2, 0.25) is 0 Å². The lowest BCUT2D eigenvalue weighted by Gasteiger charge is -2.26. The summed E-state index contributed by atoms with van der Waals surface area (Å²) in [7, 11) is 0. The molecule has 0 aromatic heterocycles. The van der Waals surface area contributed by atoms with Crippen LogP contribution < -0.4 is 4.74 Å². The van der Waals surface area contributed by atoms with Crippen LogP contribution in [0.4, 0.5) is 13.2 Å². The fourth-order valence-corrected chi connectivity index (χ4v) is 2.01. The summed E-state index contributed by atoms with van der Waals surface area (Å²) in [5.41, 5.74) is 0.143. The molecule has 1 atom stereocenters. The van der Waals surface area contributed by atoms with E-state index in [1.54, 1.807) is 19.1 Å². The van der Waals surface area contributed by atoms with Gasteiger partial charge in [-0.25, -0.2) is 0 Å². The molecule has 7 heteroatoms. The topological polar surface area (TPSA) is 52.4 Å². The minimum atomic E-state index is -4.83. The standard InChI is InChI=1S/C12H10F3NO3/c1-6-3-4-9-8(5-6)7(2)10(16(17)18)11(19-9)12(13,14)15/h3-5,11H,1-2H3. The molecule has 1 aliphatic rings. The Labute approximate surface area is 106 Å². The summed E-state index contributed by atoms with van der Waals surface area (Å²) >= 11 is 0. The molecule has 1 aromatic rings. The van der Waals surface area contributed by atoms with Gasteiger partial charge in [0, 0.05) is 11.1 Å². The molecule has 19 heavy (non-hydrogen) atoms. The van der Waals surface area contributed by atoms with E-state index in [4.69, 9.17) is 4.74 Å². The second kappa shape index (κ2) is 4.25. The van der Waals surface area contributed by atoms with Crippen molar-refractivity contribution in [3.63, 3.8) is 0 Å². The minimum Gasteiger partial charge on any atom is -0.469 e. The van der Waals surface area contributed by atoms with E-state index < -0.39 is 22.9 Å². The monoisotopic (exact) mass is 273 g/mol. The van der Waals surface area contributed by atoms with E-state index >= 15 is 0 Å². The van der Waals surface area contributed by atoms with E-state index in [-0.39, 0.29) is 11.3 Å². The minimum absolute atomic E-state index is 0.0102. The molecule has 2 rings (SSSR count). The fraction of sp³-hybridized carbons (Fsp3) is 0.333. The Morgan fingerprint density at radius 2 is 1.95 bits per heavy atom. The van der Waals surface area contributed by atoms with E-state index in [9.17, 15) is 23.3 Å². The molecule has 0 bridgehead atoms. The van der Waals surface area contributed by atoms with Crippen molar-refractivity contribution in [2.24, 2.45) is 0 Å². The lowest BCUT2D eigenvalue weighted by molar-refractivity contribution is -0.443. The second-order valence-electron chi connectivity index (χ2n) is 4.31. The van der Waals surface area contributed by atoms with E-state index in [0.29, 0.717) is 5.56 Å². The molecule has 1 unspecified atom stereocenters.